The number of amides is 1. The van der Waals surface area contributed by atoms with Crippen LogP contribution in [0.15, 0.2) is 0 Å². The Morgan fingerprint density at radius 2 is 2.40 bits per heavy atom. The van der Waals surface area contributed by atoms with Crippen LogP contribution in [0.3, 0.4) is 0 Å². The first-order chi connectivity index (χ1) is 7.20. The second-order valence-electron chi connectivity index (χ2n) is 4.52. The van der Waals surface area contributed by atoms with Gasteiger partial charge in [0.05, 0.1) is 18.6 Å². The van der Waals surface area contributed by atoms with Gasteiger partial charge in [0.25, 0.3) is 0 Å². The number of β-amino-alcohol motifs (C(OH)–C–C–N with tert-alkyl or cyclic N) is 1. The minimum absolute atomic E-state index is 0.0873. The molecule has 1 N–H and O–H groups in total. The Hall–Kier alpha value is -0.610. The largest absolute Gasteiger partial charge is 0.391 e. The molecule has 0 aromatic carbocycles. The average molecular weight is 213 g/mol. The molecule has 3 unspecified atom stereocenters. The Bertz CT molecular complexity index is 244. The number of aliphatic hydroxyl groups is 1. The van der Waals surface area contributed by atoms with E-state index in [2.05, 4.69) is 6.92 Å². The molecule has 2 fully saturated rings. The predicted octanol–water partition coefficient (Wildman–Crippen LogP) is 0.395. The molecule has 0 spiro atoms. The molecule has 0 aromatic rings. The summed E-state index contributed by atoms with van der Waals surface area (Å²) in [6.45, 7) is 4.19. The van der Waals surface area contributed by atoms with Crippen LogP contribution in [0.1, 0.15) is 26.2 Å². The average Bonchev–Trinajstić information content (AvgIpc) is 2.74. The minimum atomic E-state index is -0.458. The molecule has 3 atom stereocenters. The summed E-state index contributed by atoms with van der Waals surface area (Å²) in [5, 5.41) is 9.37. The van der Waals surface area contributed by atoms with Gasteiger partial charge in [-0.25, -0.2) is 0 Å². The first kappa shape index (κ1) is 10.9. The Morgan fingerprint density at radius 3 is 3.00 bits per heavy atom. The van der Waals surface area contributed by atoms with Crippen LogP contribution < -0.4 is 0 Å². The van der Waals surface area contributed by atoms with Gasteiger partial charge in [0.15, 0.2) is 0 Å². The summed E-state index contributed by atoms with van der Waals surface area (Å²) in [5.74, 6) is 0.550. The number of aliphatic hydroxyl groups excluding tert-OH is 1. The van der Waals surface area contributed by atoms with Crippen molar-refractivity contribution in [3.63, 3.8) is 0 Å². The maximum Gasteiger partial charge on any atom is 0.225 e. The van der Waals surface area contributed by atoms with E-state index in [-0.39, 0.29) is 5.91 Å². The number of carbonyl (C=O) groups is 1. The Labute approximate surface area is 90.2 Å². The maximum absolute atomic E-state index is 11.5. The fraction of sp³-hybridized carbons (Fsp3) is 0.909. The van der Waals surface area contributed by atoms with Crippen LogP contribution in [0.25, 0.3) is 0 Å². The van der Waals surface area contributed by atoms with Gasteiger partial charge in [-0.3, -0.25) is 4.79 Å². The van der Waals surface area contributed by atoms with Crippen molar-refractivity contribution in [2.75, 3.05) is 19.7 Å². The van der Waals surface area contributed by atoms with E-state index in [0.717, 1.165) is 26.0 Å². The second kappa shape index (κ2) is 4.49. The van der Waals surface area contributed by atoms with E-state index in [1.807, 2.05) is 0 Å². The van der Waals surface area contributed by atoms with Gasteiger partial charge >= 0.3 is 0 Å². The number of rotatable bonds is 3. The van der Waals surface area contributed by atoms with Gasteiger partial charge < -0.3 is 14.7 Å². The van der Waals surface area contributed by atoms with Crippen molar-refractivity contribution in [1.29, 1.82) is 0 Å². The molecule has 2 heterocycles. The lowest BCUT2D eigenvalue weighted by atomic mass is 9.99. The van der Waals surface area contributed by atoms with Crippen molar-refractivity contribution in [2.24, 2.45) is 5.92 Å². The van der Waals surface area contributed by atoms with Gasteiger partial charge in [-0.05, 0) is 12.8 Å². The Kier molecular flexibility index (Phi) is 3.26. The van der Waals surface area contributed by atoms with Crippen molar-refractivity contribution < 1.29 is 14.6 Å². The molecule has 0 radical (unpaired) electrons. The number of hydrogen-bond donors (Lipinski definition) is 1. The van der Waals surface area contributed by atoms with Gasteiger partial charge in [0, 0.05) is 25.6 Å². The highest BCUT2D eigenvalue weighted by Gasteiger charge is 2.34. The number of hydrogen-bond acceptors (Lipinski definition) is 3. The van der Waals surface area contributed by atoms with E-state index < -0.39 is 6.10 Å². The standard InChI is InChI=1S/C11H19NO3/c1-2-10-8(3-4-15-10)6-12-7-9(13)5-11(12)14/h8-10,13H,2-7H2,1H3. The fourth-order valence-corrected chi connectivity index (χ4v) is 2.56. The molecule has 1 amide bonds. The van der Waals surface area contributed by atoms with Crippen molar-refractivity contribution in [1.82, 2.24) is 4.90 Å². The first-order valence-corrected chi connectivity index (χ1v) is 5.78. The Morgan fingerprint density at radius 1 is 1.60 bits per heavy atom. The van der Waals surface area contributed by atoms with Gasteiger partial charge in [-0.2, -0.15) is 0 Å². The van der Waals surface area contributed by atoms with E-state index in [1.165, 1.54) is 0 Å². The zero-order chi connectivity index (χ0) is 10.8. The summed E-state index contributed by atoms with van der Waals surface area (Å²) < 4.78 is 5.59. The van der Waals surface area contributed by atoms with Gasteiger partial charge in [0.1, 0.15) is 0 Å². The van der Waals surface area contributed by atoms with Gasteiger partial charge in [0.2, 0.25) is 5.91 Å². The summed E-state index contributed by atoms with van der Waals surface area (Å²) in [4.78, 5) is 13.3. The molecule has 0 saturated carbocycles. The zero-order valence-electron chi connectivity index (χ0n) is 9.19. The molecule has 0 aromatic heterocycles. The monoisotopic (exact) mass is 213 g/mol. The SMILES string of the molecule is CCC1OCCC1CN1CC(O)CC1=O. The van der Waals surface area contributed by atoms with Crippen LogP contribution in [0.5, 0.6) is 0 Å². The number of carbonyl (C=O) groups excluding carboxylic acids is 1. The molecule has 0 bridgehead atoms. The molecule has 2 aliphatic rings. The van der Waals surface area contributed by atoms with Crippen LogP contribution in [-0.2, 0) is 9.53 Å². The third kappa shape index (κ3) is 2.32. The topological polar surface area (TPSA) is 49.8 Å². The summed E-state index contributed by atoms with van der Waals surface area (Å²) >= 11 is 0. The predicted molar refractivity (Wildman–Crippen MR) is 55.3 cm³/mol. The quantitative estimate of drug-likeness (QED) is 0.738. The molecule has 15 heavy (non-hydrogen) atoms. The third-order valence-corrected chi connectivity index (χ3v) is 3.40. The van der Waals surface area contributed by atoms with Gasteiger partial charge in [-0.1, -0.05) is 6.92 Å². The molecule has 86 valence electrons. The summed E-state index contributed by atoms with van der Waals surface area (Å²) in [6.07, 6.45) is 2.19. The van der Waals surface area contributed by atoms with Crippen LogP contribution in [0, 0.1) is 5.92 Å². The first-order valence-electron chi connectivity index (χ1n) is 5.78. The fourth-order valence-electron chi connectivity index (χ4n) is 2.56. The summed E-state index contributed by atoms with van der Waals surface area (Å²) in [7, 11) is 0. The van der Waals surface area contributed by atoms with Crippen LogP contribution >= 0.6 is 0 Å². The second-order valence-corrected chi connectivity index (χ2v) is 4.52. The van der Waals surface area contributed by atoms with Crippen molar-refractivity contribution in [3.05, 3.63) is 0 Å². The molecule has 4 nitrogen and oxygen atoms in total. The number of likely N-dealkylation sites (tertiary alicyclic amines) is 1. The minimum Gasteiger partial charge on any atom is -0.391 e. The highest BCUT2D eigenvalue weighted by atomic mass is 16.5. The lowest BCUT2D eigenvalue weighted by molar-refractivity contribution is -0.128. The molecule has 4 heteroatoms. The van der Waals surface area contributed by atoms with E-state index in [0.29, 0.717) is 25.0 Å². The molecule has 0 aliphatic carbocycles. The highest BCUT2D eigenvalue weighted by Crippen LogP contribution is 2.25. The molecular weight excluding hydrogens is 194 g/mol. The van der Waals surface area contributed by atoms with Crippen LogP contribution in [0.4, 0.5) is 0 Å². The smallest absolute Gasteiger partial charge is 0.225 e. The molecular formula is C11H19NO3. The normalized spacial score (nSPS) is 36.5. The van der Waals surface area contributed by atoms with Gasteiger partial charge in [-0.15, -0.1) is 0 Å². The van der Waals surface area contributed by atoms with E-state index in [4.69, 9.17) is 4.74 Å². The summed E-state index contributed by atoms with van der Waals surface area (Å²) in [6, 6.07) is 0. The lowest BCUT2D eigenvalue weighted by Gasteiger charge is -2.23. The molecule has 2 saturated heterocycles. The Balaban J connectivity index is 1.88. The molecule has 2 aliphatic heterocycles. The van der Waals surface area contributed by atoms with Crippen LogP contribution in [-0.4, -0.2) is 47.8 Å². The van der Waals surface area contributed by atoms with Crippen molar-refractivity contribution in [3.8, 4) is 0 Å². The maximum atomic E-state index is 11.5. The van der Waals surface area contributed by atoms with E-state index >= 15 is 0 Å². The zero-order valence-corrected chi connectivity index (χ0v) is 9.19. The third-order valence-electron chi connectivity index (χ3n) is 3.40. The van der Waals surface area contributed by atoms with Crippen molar-refractivity contribution in [2.45, 2.75) is 38.4 Å². The van der Waals surface area contributed by atoms with E-state index in [1.54, 1.807) is 4.90 Å². The highest BCUT2D eigenvalue weighted by molar-refractivity contribution is 5.79. The van der Waals surface area contributed by atoms with E-state index in [9.17, 15) is 9.90 Å². The number of ether oxygens (including phenoxy) is 1. The molecule has 2 rings (SSSR count). The summed E-state index contributed by atoms with van der Waals surface area (Å²) in [5.41, 5.74) is 0. The van der Waals surface area contributed by atoms with Crippen LogP contribution in [0.2, 0.25) is 0 Å². The lowest BCUT2D eigenvalue weighted by Crippen LogP contribution is -2.34. The van der Waals surface area contributed by atoms with Crippen molar-refractivity contribution >= 4 is 5.91 Å². The number of nitrogens with zero attached hydrogens (tertiary/aromatic N) is 1.